The monoisotopic (exact) mass is 274 g/mol. The highest BCUT2D eigenvalue weighted by Gasteiger charge is 2.30. The summed E-state index contributed by atoms with van der Waals surface area (Å²) in [4.78, 5) is 23.4. The van der Waals surface area contributed by atoms with Gasteiger partial charge in [0.05, 0.1) is 0 Å². The number of hydrogen-bond donors (Lipinski definition) is 2. The van der Waals surface area contributed by atoms with Crippen LogP contribution in [0.1, 0.15) is 17.2 Å². The van der Waals surface area contributed by atoms with Crippen molar-refractivity contribution in [2.24, 2.45) is 0 Å². The summed E-state index contributed by atoms with van der Waals surface area (Å²) in [5.74, 6) is -0.266. The zero-order chi connectivity index (χ0) is 13.6. The molecule has 0 saturated carbocycles. The fourth-order valence-corrected chi connectivity index (χ4v) is 2.39. The Morgan fingerprint density at radius 3 is 2.74 bits per heavy atom. The molecule has 1 saturated heterocycles. The predicted molar refractivity (Wildman–Crippen MR) is 73.8 cm³/mol. The number of rotatable bonds is 1. The van der Waals surface area contributed by atoms with Gasteiger partial charge in [-0.2, -0.15) is 0 Å². The largest absolute Gasteiger partial charge is 0.423 e. The smallest absolute Gasteiger partial charge is 0.336 e. The first-order valence-corrected chi connectivity index (χ1v) is 6.11. The van der Waals surface area contributed by atoms with Crippen molar-refractivity contribution in [1.29, 1.82) is 0 Å². The third-order valence-corrected chi connectivity index (χ3v) is 3.24. The molecule has 1 aliphatic rings. The number of thiocarbonyl (C=S) groups is 1. The molecule has 0 spiro atoms. The summed E-state index contributed by atoms with van der Waals surface area (Å²) in [7, 11) is 0. The van der Waals surface area contributed by atoms with Crippen LogP contribution in [0, 0.1) is 6.92 Å². The van der Waals surface area contributed by atoms with E-state index in [1.807, 2.05) is 19.1 Å². The molecule has 96 valence electrons. The Kier molecular flexibility index (Phi) is 2.60. The first-order valence-electron chi connectivity index (χ1n) is 5.70. The van der Waals surface area contributed by atoms with Crippen LogP contribution >= 0.6 is 12.2 Å². The van der Waals surface area contributed by atoms with Crippen LogP contribution in [0.2, 0.25) is 0 Å². The number of benzene rings is 1. The quantitative estimate of drug-likeness (QED) is 0.603. The summed E-state index contributed by atoms with van der Waals surface area (Å²) in [5.41, 5.74) is 1.53. The minimum absolute atomic E-state index is 0.266. The molecule has 0 bridgehead atoms. The van der Waals surface area contributed by atoms with Crippen LogP contribution in [0.25, 0.3) is 11.0 Å². The molecule has 1 fully saturated rings. The van der Waals surface area contributed by atoms with Gasteiger partial charge in [-0.3, -0.25) is 4.79 Å². The van der Waals surface area contributed by atoms with Gasteiger partial charge in [0.15, 0.2) is 5.11 Å². The van der Waals surface area contributed by atoms with Crippen LogP contribution in [-0.4, -0.2) is 11.0 Å². The van der Waals surface area contributed by atoms with E-state index >= 15 is 0 Å². The number of carbonyl (C=O) groups is 1. The van der Waals surface area contributed by atoms with Gasteiger partial charge in [0.1, 0.15) is 11.6 Å². The summed E-state index contributed by atoms with van der Waals surface area (Å²) >= 11 is 4.90. The van der Waals surface area contributed by atoms with Crippen molar-refractivity contribution in [2.45, 2.75) is 13.0 Å². The Bertz CT molecular complexity index is 766. The van der Waals surface area contributed by atoms with Gasteiger partial charge in [-0.25, -0.2) is 4.79 Å². The van der Waals surface area contributed by atoms with Gasteiger partial charge in [0.25, 0.3) is 5.91 Å². The van der Waals surface area contributed by atoms with Gasteiger partial charge in [-0.1, -0.05) is 12.1 Å². The van der Waals surface area contributed by atoms with E-state index < -0.39 is 11.7 Å². The Labute approximate surface area is 113 Å². The molecule has 2 heterocycles. The Morgan fingerprint density at radius 1 is 1.26 bits per heavy atom. The van der Waals surface area contributed by atoms with E-state index in [-0.39, 0.29) is 11.0 Å². The third-order valence-electron chi connectivity index (χ3n) is 3.02. The topological polar surface area (TPSA) is 71.3 Å². The van der Waals surface area contributed by atoms with Crippen molar-refractivity contribution in [2.75, 3.05) is 0 Å². The second-order valence-electron chi connectivity index (χ2n) is 4.42. The van der Waals surface area contributed by atoms with Gasteiger partial charge >= 0.3 is 5.63 Å². The SMILES string of the molecule is Cc1ccc2c(C3NC(=S)NC3=O)cc(=O)oc2c1. The normalized spacial score (nSPS) is 18.5. The molecule has 3 rings (SSSR count). The summed E-state index contributed by atoms with van der Waals surface area (Å²) < 4.78 is 5.16. The third kappa shape index (κ3) is 2.00. The average molecular weight is 274 g/mol. The van der Waals surface area contributed by atoms with Gasteiger partial charge in [0.2, 0.25) is 0 Å². The van der Waals surface area contributed by atoms with Gasteiger partial charge in [0, 0.05) is 17.0 Å². The molecule has 1 atom stereocenters. The molecule has 1 unspecified atom stereocenters. The van der Waals surface area contributed by atoms with E-state index in [1.54, 1.807) is 6.07 Å². The molecular weight excluding hydrogens is 264 g/mol. The Hall–Kier alpha value is -2.21. The summed E-state index contributed by atoms with van der Waals surface area (Å²) in [6.45, 7) is 1.90. The van der Waals surface area contributed by atoms with Crippen LogP contribution in [-0.2, 0) is 4.79 Å². The highest BCUT2D eigenvalue weighted by atomic mass is 32.1. The van der Waals surface area contributed by atoms with Crippen molar-refractivity contribution < 1.29 is 9.21 Å². The predicted octanol–water partition coefficient (Wildman–Crippen LogP) is 1.15. The van der Waals surface area contributed by atoms with Crippen molar-refractivity contribution in [3.05, 3.63) is 45.8 Å². The number of aryl methyl sites for hydroxylation is 1. The van der Waals surface area contributed by atoms with E-state index in [1.165, 1.54) is 6.07 Å². The summed E-state index contributed by atoms with van der Waals surface area (Å²) in [5, 5.41) is 6.35. The molecular formula is C13H10N2O3S. The fourth-order valence-electron chi connectivity index (χ4n) is 2.17. The molecule has 1 amide bonds. The minimum atomic E-state index is -0.651. The zero-order valence-electron chi connectivity index (χ0n) is 10.0. The van der Waals surface area contributed by atoms with Crippen molar-refractivity contribution >= 4 is 34.2 Å². The van der Waals surface area contributed by atoms with E-state index in [0.29, 0.717) is 11.1 Å². The first kappa shape index (κ1) is 11.9. The number of carbonyl (C=O) groups excluding carboxylic acids is 1. The van der Waals surface area contributed by atoms with E-state index in [4.69, 9.17) is 16.6 Å². The summed E-state index contributed by atoms with van der Waals surface area (Å²) in [6, 6.07) is 6.17. The molecule has 1 aliphatic heterocycles. The number of nitrogens with one attached hydrogen (secondary N) is 2. The maximum atomic E-state index is 11.8. The van der Waals surface area contributed by atoms with Crippen LogP contribution in [0.5, 0.6) is 0 Å². The molecule has 5 nitrogen and oxygen atoms in total. The number of hydrogen-bond acceptors (Lipinski definition) is 4. The van der Waals surface area contributed by atoms with Crippen LogP contribution < -0.4 is 16.3 Å². The van der Waals surface area contributed by atoms with Gasteiger partial charge in [-0.15, -0.1) is 0 Å². The van der Waals surface area contributed by atoms with Crippen LogP contribution in [0.3, 0.4) is 0 Å². The van der Waals surface area contributed by atoms with Crippen LogP contribution in [0.15, 0.2) is 33.5 Å². The van der Waals surface area contributed by atoms with Gasteiger partial charge in [-0.05, 0) is 30.8 Å². The molecule has 0 radical (unpaired) electrons. The second kappa shape index (κ2) is 4.17. The molecule has 2 N–H and O–H groups in total. The lowest BCUT2D eigenvalue weighted by Gasteiger charge is -2.10. The van der Waals surface area contributed by atoms with Crippen molar-refractivity contribution in [1.82, 2.24) is 10.6 Å². The molecule has 6 heteroatoms. The zero-order valence-corrected chi connectivity index (χ0v) is 10.8. The Balaban J connectivity index is 2.26. The molecule has 0 aliphatic carbocycles. The molecule has 1 aromatic carbocycles. The second-order valence-corrected chi connectivity index (χ2v) is 4.82. The van der Waals surface area contributed by atoms with E-state index in [2.05, 4.69) is 10.6 Å². The summed E-state index contributed by atoms with van der Waals surface area (Å²) in [6.07, 6.45) is 0. The fraction of sp³-hybridized carbons (Fsp3) is 0.154. The maximum absolute atomic E-state index is 11.8. The lowest BCUT2D eigenvalue weighted by atomic mass is 10.0. The van der Waals surface area contributed by atoms with Crippen molar-refractivity contribution in [3.8, 4) is 0 Å². The van der Waals surface area contributed by atoms with Crippen molar-refractivity contribution in [3.63, 3.8) is 0 Å². The lowest BCUT2D eigenvalue weighted by Crippen LogP contribution is -2.22. The number of amides is 1. The first-order chi connectivity index (χ1) is 9.04. The van der Waals surface area contributed by atoms with Crippen LogP contribution in [0.4, 0.5) is 0 Å². The molecule has 2 aromatic rings. The van der Waals surface area contributed by atoms with E-state index in [9.17, 15) is 9.59 Å². The van der Waals surface area contributed by atoms with Gasteiger partial charge < -0.3 is 15.1 Å². The average Bonchev–Trinajstić information content (AvgIpc) is 2.66. The molecule has 19 heavy (non-hydrogen) atoms. The van der Waals surface area contributed by atoms with E-state index in [0.717, 1.165) is 10.9 Å². The highest BCUT2D eigenvalue weighted by Crippen LogP contribution is 2.25. The Morgan fingerprint density at radius 2 is 2.05 bits per heavy atom. The lowest BCUT2D eigenvalue weighted by molar-refractivity contribution is -0.120. The maximum Gasteiger partial charge on any atom is 0.336 e. The number of fused-ring (bicyclic) bond motifs is 1. The minimum Gasteiger partial charge on any atom is -0.423 e. The highest BCUT2D eigenvalue weighted by molar-refractivity contribution is 7.80. The molecule has 1 aromatic heterocycles. The standard InChI is InChI=1S/C13H10N2O3S/c1-6-2-3-7-8(5-10(16)18-9(7)4-6)11-12(17)15-13(19)14-11/h2-5,11H,1H3,(H2,14,15,17,19).